The number of aryl methyl sites for hydroxylation is 1. The van der Waals surface area contributed by atoms with Gasteiger partial charge >= 0.3 is 0 Å². The monoisotopic (exact) mass is 289 g/mol. The van der Waals surface area contributed by atoms with Crippen LogP contribution in [0.2, 0.25) is 0 Å². The lowest BCUT2D eigenvalue weighted by atomic mass is 9.90. The van der Waals surface area contributed by atoms with Gasteiger partial charge in [0, 0.05) is 25.1 Å². The molecule has 0 spiro atoms. The fourth-order valence-corrected chi connectivity index (χ4v) is 2.75. The fourth-order valence-electron chi connectivity index (χ4n) is 2.75. The highest BCUT2D eigenvalue weighted by Crippen LogP contribution is 2.25. The molecule has 5 heteroatoms. The molecular formula is C16H19NO4. The summed E-state index contributed by atoms with van der Waals surface area (Å²) in [5.41, 5.74) is 1.83. The van der Waals surface area contributed by atoms with Crippen molar-refractivity contribution in [2.75, 3.05) is 32.9 Å². The molecule has 0 radical (unpaired) electrons. The number of fused-ring (bicyclic) bond motifs is 1. The van der Waals surface area contributed by atoms with Crippen LogP contribution in [0, 0.1) is 0 Å². The molecule has 1 saturated heterocycles. The first kappa shape index (κ1) is 14.1. The number of ether oxygens (including phenoxy) is 2. The first-order valence-corrected chi connectivity index (χ1v) is 7.38. The molecule has 1 aromatic rings. The van der Waals surface area contributed by atoms with Gasteiger partial charge in [0.05, 0.1) is 13.2 Å². The summed E-state index contributed by atoms with van der Waals surface area (Å²) >= 11 is 0. The van der Waals surface area contributed by atoms with Crippen molar-refractivity contribution >= 4 is 11.7 Å². The Hall–Kier alpha value is -1.88. The van der Waals surface area contributed by atoms with E-state index in [2.05, 4.69) is 0 Å². The van der Waals surface area contributed by atoms with E-state index in [0.717, 1.165) is 24.0 Å². The number of morpholine rings is 1. The smallest absolute Gasteiger partial charge is 0.260 e. The lowest BCUT2D eigenvalue weighted by Gasteiger charge is -2.26. The molecule has 0 N–H and O–H groups in total. The van der Waals surface area contributed by atoms with E-state index in [-0.39, 0.29) is 18.3 Å². The van der Waals surface area contributed by atoms with Gasteiger partial charge in [-0.3, -0.25) is 9.59 Å². The lowest BCUT2D eigenvalue weighted by Crippen LogP contribution is -2.42. The van der Waals surface area contributed by atoms with Crippen molar-refractivity contribution < 1.29 is 19.1 Å². The number of carbonyl (C=O) groups excluding carboxylic acids is 2. The summed E-state index contributed by atoms with van der Waals surface area (Å²) in [4.78, 5) is 25.6. The second-order valence-corrected chi connectivity index (χ2v) is 5.38. The summed E-state index contributed by atoms with van der Waals surface area (Å²) in [6.45, 7) is 2.40. The van der Waals surface area contributed by atoms with Crippen LogP contribution in [0.4, 0.5) is 0 Å². The molecule has 1 aliphatic heterocycles. The molecule has 0 atom stereocenters. The van der Waals surface area contributed by atoms with Crippen molar-refractivity contribution in [3.63, 3.8) is 0 Å². The Morgan fingerprint density at radius 3 is 2.86 bits per heavy atom. The van der Waals surface area contributed by atoms with Crippen molar-refractivity contribution in [3.8, 4) is 5.75 Å². The van der Waals surface area contributed by atoms with Crippen LogP contribution in [0.3, 0.4) is 0 Å². The van der Waals surface area contributed by atoms with E-state index >= 15 is 0 Å². The Balaban J connectivity index is 1.61. The second-order valence-electron chi connectivity index (χ2n) is 5.38. The summed E-state index contributed by atoms with van der Waals surface area (Å²) in [6, 6.07) is 5.54. The van der Waals surface area contributed by atoms with Crippen molar-refractivity contribution in [2.45, 2.75) is 19.3 Å². The molecule has 0 saturated carbocycles. The maximum absolute atomic E-state index is 12.0. The van der Waals surface area contributed by atoms with Gasteiger partial charge in [-0.05, 0) is 30.5 Å². The van der Waals surface area contributed by atoms with Gasteiger partial charge in [-0.2, -0.15) is 0 Å². The Morgan fingerprint density at radius 1 is 1.24 bits per heavy atom. The third-order valence-corrected chi connectivity index (χ3v) is 3.96. The highest BCUT2D eigenvalue weighted by atomic mass is 16.5. The molecule has 112 valence electrons. The largest absolute Gasteiger partial charge is 0.484 e. The number of ketones is 1. The molecule has 1 aromatic carbocycles. The number of hydrogen-bond acceptors (Lipinski definition) is 4. The van der Waals surface area contributed by atoms with Crippen LogP contribution in [0.5, 0.6) is 5.75 Å². The standard InChI is InChI=1S/C16H19NO4/c18-15-3-1-2-12-4-5-13(10-14(12)15)21-11-16(19)17-6-8-20-9-7-17/h4-5,10H,1-3,6-9,11H2. The van der Waals surface area contributed by atoms with E-state index in [1.54, 1.807) is 11.0 Å². The molecule has 1 fully saturated rings. The predicted molar refractivity (Wildman–Crippen MR) is 76.6 cm³/mol. The highest BCUT2D eigenvalue weighted by Gasteiger charge is 2.19. The fraction of sp³-hybridized carbons (Fsp3) is 0.500. The summed E-state index contributed by atoms with van der Waals surface area (Å²) in [6.07, 6.45) is 2.46. The van der Waals surface area contributed by atoms with E-state index in [1.807, 2.05) is 12.1 Å². The van der Waals surface area contributed by atoms with Gasteiger partial charge in [0.2, 0.25) is 0 Å². The van der Waals surface area contributed by atoms with Crippen molar-refractivity contribution in [1.29, 1.82) is 0 Å². The number of rotatable bonds is 3. The van der Waals surface area contributed by atoms with Crippen molar-refractivity contribution in [1.82, 2.24) is 4.90 Å². The van der Waals surface area contributed by atoms with Crippen LogP contribution in [-0.4, -0.2) is 49.5 Å². The molecule has 1 aliphatic carbocycles. The zero-order valence-electron chi connectivity index (χ0n) is 12.0. The van der Waals surface area contributed by atoms with Gasteiger partial charge in [-0.15, -0.1) is 0 Å². The number of carbonyl (C=O) groups is 2. The van der Waals surface area contributed by atoms with E-state index in [9.17, 15) is 9.59 Å². The Morgan fingerprint density at radius 2 is 2.05 bits per heavy atom. The predicted octanol–water partition coefficient (Wildman–Crippen LogP) is 1.44. The van der Waals surface area contributed by atoms with Gasteiger partial charge in [0.15, 0.2) is 12.4 Å². The third-order valence-electron chi connectivity index (χ3n) is 3.96. The first-order valence-electron chi connectivity index (χ1n) is 7.38. The quantitative estimate of drug-likeness (QED) is 0.845. The zero-order chi connectivity index (χ0) is 14.7. The Labute approximate surface area is 123 Å². The molecule has 2 aliphatic rings. The van der Waals surface area contributed by atoms with Crippen LogP contribution in [-0.2, 0) is 16.0 Å². The van der Waals surface area contributed by atoms with Crippen LogP contribution in [0.1, 0.15) is 28.8 Å². The third kappa shape index (κ3) is 3.24. The SMILES string of the molecule is O=C1CCCc2ccc(OCC(=O)N3CCOCC3)cc21. The minimum atomic E-state index is -0.0395. The maximum atomic E-state index is 12.0. The summed E-state index contributed by atoms with van der Waals surface area (Å²) in [7, 11) is 0. The van der Waals surface area contributed by atoms with Gasteiger partial charge in [0.25, 0.3) is 5.91 Å². The maximum Gasteiger partial charge on any atom is 0.260 e. The normalized spacial score (nSPS) is 18.3. The number of hydrogen-bond donors (Lipinski definition) is 0. The van der Waals surface area contributed by atoms with Gasteiger partial charge in [-0.25, -0.2) is 0 Å². The topological polar surface area (TPSA) is 55.8 Å². The lowest BCUT2D eigenvalue weighted by molar-refractivity contribution is -0.137. The molecule has 0 aromatic heterocycles. The minimum absolute atomic E-state index is 0.00692. The average Bonchev–Trinajstić information content (AvgIpc) is 2.54. The van der Waals surface area contributed by atoms with Gasteiger partial charge in [-0.1, -0.05) is 6.07 Å². The second kappa shape index (κ2) is 6.26. The highest BCUT2D eigenvalue weighted by molar-refractivity contribution is 5.98. The van der Waals surface area contributed by atoms with E-state index in [1.165, 1.54) is 0 Å². The zero-order valence-corrected chi connectivity index (χ0v) is 12.0. The van der Waals surface area contributed by atoms with Gasteiger partial charge in [0.1, 0.15) is 5.75 Å². The molecule has 21 heavy (non-hydrogen) atoms. The van der Waals surface area contributed by atoms with Crippen molar-refractivity contribution in [3.05, 3.63) is 29.3 Å². The van der Waals surface area contributed by atoms with Crippen LogP contribution < -0.4 is 4.74 Å². The Kier molecular flexibility index (Phi) is 4.20. The molecule has 3 rings (SSSR count). The van der Waals surface area contributed by atoms with Crippen LogP contribution in [0.15, 0.2) is 18.2 Å². The molecule has 1 heterocycles. The van der Waals surface area contributed by atoms with E-state index in [0.29, 0.717) is 38.5 Å². The van der Waals surface area contributed by atoms with Gasteiger partial charge < -0.3 is 14.4 Å². The molecule has 0 unspecified atom stereocenters. The van der Waals surface area contributed by atoms with E-state index in [4.69, 9.17) is 9.47 Å². The summed E-state index contributed by atoms with van der Waals surface area (Å²) < 4.78 is 10.8. The minimum Gasteiger partial charge on any atom is -0.484 e. The number of benzene rings is 1. The van der Waals surface area contributed by atoms with Crippen molar-refractivity contribution in [2.24, 2.45) is 0 Å². The Bertz CT molecular complexity index is 549. The number of nitrogens with zero attached hydrogens (tertiary/aromatic N) is 1. The summed E-state index contributed by atoms with van der Waals surface area (Å²) in [5, 5.41) is 0. The van der Waals surface area contributed by atoms with E-state index < -0.39 is 0 Å². The van der Waals surface area contributed by atoms with Crippen LogP contribution >= 0.6 is 0 Å². The first-order chi connectivity index (χ1) is 10.2. The molecule has 5 nitrogen and oxygen atoms in total. The molecule has 1 amide bonds. The molecule has 0 bridgehead atoms. The van der Waals surface area contributed by atoms with Crippen LogP contribution in [0.25, 0.3) is 0 Å². The average molecular weight is 289 g/mol. The number of amides is 1. The number of Topliss-reactive ketones (excluding diaryl/α,β-unsaturated/α-hetero) is 1. The molecular weight excluding hydrogens is 270 g/mol. The summed E-state index contributed by atoms with van der Waals surface area (Å²) in [5.74, 6) is 0.717.